The van der Waals surface area contributed by atoms with Crippen LogP contribution < -0.4 is 10.5 Å². The summed E-state index contributed by atoms with van der Waals surface area (Å²) in [4.78, 5) is 0. The topological polar surface area (TPSA) is 61.3 Å². The Morgan fingerprint density at radius 3 is 2.87 bits per heavy atom. The number of ether oxygens (including phenoxy) is 1. The molecular weight excluding hydrogens is 260 g/mol. The minimum atomic E-state index is 0.361. The maximum Gasteiger partial charge on any atom is 0.170 e. The third-order valence-electron chi connectivity index (χ3n) is 1.98. The summed E-state index contributed by atoms with van der Waals surface area (Å²) in [5, 5.41) is 3.63. The van der Waals surface area contributed by atoms with Crippen LogP contribution in [0.4, 0.5) is 5.82 Å². The fourth-order valence-electron chi connectivity index (χ4n) is 1.27. The number of hydrogen-bond acceptors (Lipinski definition) is 4. The zero-order valence-electron chi connectivity index (χ0n) is 8.03. The molecule has 1 aromatic carbocycles. The summed E-state index contributed by atoms with van der Waals surface area (Å²) in [6.07, 6.45) is 0. The van der Waals surface area contributed by atoms with Crippen LogP contribution in [0.1, 0.15) is 0 Å². The van der Waals surface area contributed by atoms with Gasteiger partial charge in [0.2, 0.25) is 0 Å². The zero-order chi connectivity index (χ0) is 10.8. The molecule has 2 N–H and O–H groups in total. The molecular formula is C10H9BrN2O2. The Balaban J connectivity index is 2.53. The zero-order valence-corrected chi connectivity index (χ0v) is 9.61. The lowest BCUT2D eigenvalue weighted by molar-refractivity contribution is 0.411. The van der Waals surface area contributed by atoms with E-state index in [4.69, 9.17) is 15.0 Å². The molecule has 4 nitrogen and oxygen atoms in total. The Hall–Kier alpha value is -1.49. The maximum atomic E-state index is 5.49. The standard InChI is InChI=1S/C10H9BrN2O2/c1-14-7-4-2-3-6(10(7)11)8-5-9(12)13-15-8/h2-5H,1H3,(H2,12,13). The number of methoxy groups -OCH3 is 1. The van der Waals surface area contributed by atoms with Crippen molar-refractivity contribution in [3.63, 3.8) is 0 Å². The molecule has 2 rings (SSSR count). The largest absolute Gasteiger partial charge is 0.496 e. The molecule has 0 atom stereocenters. The first kappa shape index (κ1) is 10.0. The van der Waals surface area contributed by atoms with Gasteiger partial charge < -0.3 is 15.0 Å². The van der Waals surface area contributed by atoms with Crippen LogP contribution in [0.5, 0.6) is 5.75 Å². The van der Waals surface area contributed by atoms with Crippen LogP contribution in [0.3, 0.4) is 0 Å². The van der Waals surface area contributed by atoms with Crippen molar-refractivity contribution in [2.75, 3.05) is 12.8 Å². The van der Waals surface area contributed by atoms with Gasteiger partial charge in [-0.3, -0.25) is 0 Å². The first-order valence-corrected chi connectivity index (χ1v) is 5.06. The third-order valence-corrected chi connectivity index (χ3v) is 2.79. The smallest absolute Gasteiger partial charge is 0.170 e. The minimum Gasteiger partial charge on any atom is -0.496 e. The summed E-state index contributed by atoms with van der Waals surface area (Å²) in [5.74, 6) is 1.71. The molecule has 0 bridgehead atoms. The molecule has 0 radical (unpaired) electrons. The molecule has 0 saturated heterocycles. The van der Waals surface area contributed by atoms with E-state index in [1.54, 1.807) is 13.2 Å². The third kappa shape index (κ3) is 1.83. The van der Waals surface area contributed by atoms with Gasteiger partial charge in [0, 0.05) is 11.6 Å². The van der Waals surface area contributed by atoms with Crippen LogP contribution in [0.2, 0.25) is 0 Å². The summed E-state index contributed by atoms with van der Waals surface area (Å²) in [7, 11) is 1.61. The average molecular weight is 269 g/mol. The van der Waals surface area contributed by atoms with Gasteiger partial charge >= 0.3 is 0 Å². The van der Waals surface area contributed by atoms with Crippen LogP contribution in [-0.4, -0.2) is 12.3 Å². The Labute approximate surface area is 95.1 Å². The molecule has 0 spiro atoms. The Bertz CT molecular complexity index is 482. The number of aromatic nitrogens is 1. The quantitative estimate of drug-likeness (QED) is 0.910. The van der Waals surface area contributed by atoms with Gasteiger partial charge in [-0.15, -0.1) is 0 Å². The first-order chi connectivity index (χ1) is 7.22. The van der Waals surface area contributed by atoms with Gasteiger partial charge in [-0.2, -0.15) is 0 Å². The second kappa shape index (κ2) is 3.94. The Morgan fingerprint density at radius 2 is 2.27 bits per heavy atom. The number of benzene rings is 1. The van der Waals surface area contributed by atoms with E-state index < -0.39 is 0 Å². The van der Waals surface area contributed by atoms with Gasteiger partial charge in [-0.25, -0.2) is 0 Å². The number of rotatable bonds is 2. The van der Waals surface area contributed by atoms with Crippen LogP contribution in [0.25, 0.3) is 11.3 Å². The number of anilines is 1. The maximum absolute atomic E-state index is 5.49. The molecule has 78 valence electrons. The summed E-state index contributed by atoms with van der Waals surface area (Å²) >= 11 is 3.43. The molecule has 1 heterocycles. The second-order valence-electron chi connectivity index (χ2n) is 2.94. The molecule has 2 aromatic rings. The Morgan fingerprint density at radius 1 is 1.47 bits per heavy atom. The lowest BCUT2D eigenvalue weighted by atomic mass is 10.1. The molecule has 0 amide bonds. The SMILES string of the molecule is COc1cccc(-c2cc(N)no2)c1Br. The summed E-state index contributed by atoms with van der Waals surface area (Å²) in [6.45, 7) is 0. The lowest BCUT2D eigenvalue weighted by Crippen LogP contribution is -1.86. The highest BCUT2D eigenvalue weighted by Crippen LogP contribution is 2.35. The molecule has 0 unspecified atom stereocenters. The summed E-state index contributed by atoms with van der Waals surface area (Å²) in [6, 6.07) is 7.29. The predicted octanol–water partition coefficient (Wildman–Crippen LogP) is 2.69. The van der Waals surface area contributed by atoms with Crippen LogP contribution >= 0.6 is 15.9 Å². The lowest BCUT2D eigenvalue weighted by Gasteiger charge is -2.05. The van der Waals surface area contributed by atoms with Gasteiger partial charge in [0.05, 0.1) is 11.6 Å². The molecule has 15 heavy (non-hydrogen) atoms. The predicted molar refractivity (Wildman–Crippen MR) is 60.6 cm³/mol. The van der Waals surface area contributed by atoms with E-state index in [-0.39, 0.29) is 0 Å². The van der Waals surface area contributed by atoms with E-state index in [9.17, 15) is 0 Å². The van der Waals surface area contributed by atoms with E-state index in [2.05, 4.69) is 21.1 Å². The van der Waals surface area contributed by atoms with Crippen LogP contribution in [0, 0.1) is 0 Å². The van der Waals surface area contributed by atoms with Gasteiger partial charge in [0.15, 0.2) is 11.6 Å². The fourth-order valence-corrected chi connectivity index (χ4v) is 1.90. The minimum absolute atomic E-state index is 0.361. The van der Waals surface area contributed by atoms with Crippen LogP contribution in [-0.2, 0) is 0 Å². The van der Waals surface area contributed by atoms with Crippen molar-refractivity contribution in [3.05, 3.63) is 28.7 Å². The van der Waals surface area contributed by atoms with Crippen molar-refractivity contribution in [2.24, 2.45) is 0 Å². The van der Waals surface area contributed by atoms with Crippen molar-refractivity contribution in [3.8, 4) is 17.1 Å². The van der Waals surface area contributed by atoms with Crippen molar-refractivity contribution < 1.29 is 9.26 Å². The van der Waals surface area contributed by atoms with Gasteiger partial charge in [-0.1, -0.05) is 11.2 Å². The highest BCUT2D eigenvalue weighted by Gasteiger charge is 2.11. The molecule has 1 aromatic heterocycles. The number of hydrogen-bond donors (Lipinski definition) is 1. The van der Waals surface area contributed by atoms with Crippen molar-refractivity contribution in [1.82, 2.24) is 5.16 Å². The molecule has 0 aliphatic rings. The van der Waals surface area contributed by atoms with Crippen LogP contribution in [0.15, 0.2) is 33.3 Å². The highest BCUT2D eigenvalue weighted by atomic mass is 79.9. The van der Waals surface area contributed by atoms with E-state index >= 15 is 0 Å². The monoisotopic (exact) mass is 268 g/mol. The number of nitrogen functional groups attached to an aromatic ring is 1. The van der Waals surface area contributed by atoms with Crippen molar-refractivity contribution >= 4 is 21.7 Å². The van der Waals surface area contributed by atoms with E-state index in [1.807, 2.05) is 18.2 Å². The summed E-state index contributed by atoms with van der Waals surface area (Å²) < 4.78 is 11.1. The van der Waals surface area contributed by atoms with Crippen molar-refractivity contribution in [1.29, 1.82) is 0 Å². The van der Waals surface area contributed by atoms with E-state index in [1.165, 1.54) is 0 Å². The molecule has 5 heteroatoms. The fraction of sp³-hybridized carbons (Fsp3) is 0.100. The highest BCUT2D eigenvalue weighted by molar-refractivity contribution is 9.10. The van der Waals surface area contributed by atoms with Crippen molar-refractivity contribution in [2.45, 2.75) is 0 Å². The molecule has 0 aliphatic carbocycles. The van der Waals surface area contributed by atoms with Gasteiger partial charge in [-0.05, 0) is 28.1 Å². The van der Waals surface area contributed by atoms with Gasteiger partial charge in [0.25, 0.3) is 0 Å². The van der Waals surface area contributed by atoms with E-state index in [0.717, 1.165) is 15.8 Å². The average Bonchev–Trinajstić information content (AvgIpc) is 2.65. The van der Waals surface area contributed by atoms with Gasteiger partial charge in [0.1, 0.15) is 5.75 Å². The molecule has 0 saturated carbocycles. The van der Waals surface area contributed by atoms with E-state index in [0.29, 0.717) is 11.6 Å². The molecule has 0 aliphatic heterocycles. The number of halogens is 1. The normalized spacial score (nSPS) is 10.3. The Kier molecular flexibility index (Phi) is 2.64. The number of nitrogens with two attached hydrogens (primary N) is 1. The summed E-state index contributed by atoms with van der Waals surface area (Å²) in [5.41, 5.74) is 6.34. The molecule has 0 fully saturated rings. The number of nitrogens with zero attached hydrogens (tertiary/aromatic N) is 1. The first-order valence-electron chi connectivity index (χ1n) is 4.27. The second-order valence-corrected chi connectivity index (χ2v) is 3.73.